The Kier molecular flexibility index (Phi) is 6.05. The number of amides is 1. The van der Waals surface area contributed by atoms with Crippen molar-refractivity contribution >= 4 is 11.7 Å². The first-order chi connectivity index (χ1) is 14.6. The molecule has 3 N–H and O–H groups in total. The van der Waals surface area contributed by atoms with Gasteiger partial charge in [-0.3, -0.25) is 9.69 Å². The summed E-state index contributed by atoms with van der Waals surface area (Å²) in [7, 11) is 0. The number of benzene rings is 2. The topological polar surface area (TPSA) is 84.1 Å². The van der Waals surface area contributed by atoms with Crippen LogP contribution in [0.25, 0.3) is 11.4 Å². The summed E-state index contributed by atoms with van der Waals surface area (Å²) in [6.45, 7) is 5.16. The number of nitrogens with zero attached hydrogens (tertiary/aromatic N) is 3. The fraction of sp³-hybridized carbons (Fsp3) is 0.292. The predicted octanol–water partition coefficient (Wildman–Crippen LogP) is 3.63. The molecular formula is C24H27N5O. The smallest absolute Gasteiger partial charge is 0.248 e. The second-order valence-corrected chi connectivity index (χ2v) is 7.85. The van der Waals surface area contributed by atoms with Crippen molar-refractivity contribution in [1.82, 2.24) is 14.9 Å². The number of primary amides is 1. The number of piperidine rings is 1. The van der Waals surface area contributed by atoms with E-state index < -0.39 is 5.91 Å². The predicted molar refractivity (Wildman–Crippen MR) is 119 cm³/mol. The first kappa shape index (κ1) is 20.0. The molecule has 1 aliphatic rings. The van der Waals surface area contributed by atoms with Gasteiger partial charge in [0.1, 0.15) is 5.82 Å². The van der Waals surface area contributed by atoms with E-state index in [4.69, 9.17) is 10.7 Å². The van der Waals surface area contributed by atoms with Crippen molar-refractivity contribution in [3.63, 3.8) is 0 Å². The fourth-order valence-electron chi connectivity index (χ4n) is 3.78. The van der Waals surface area contributed by atoms with Gasteiger partial charge >= 0.3 is 0 Å². The van der Waals surface area contributed by atoms with Gasteiger partial charge in [0.2, 0.25) is 5.91 Å². The van der Waals surface area contributed by atoms with E-state index in [1.807, 2.05) is 25.3 Å². The molecule has 0 bridgehead atoms. The van der Waals surface area contributed by atoms with Crippen molar-refractivity contribution in [2.24, 2.45) is 5.73 Å². The summed E-state index contributed by atoms with van der Waals surface area (Å²) in [6.07, 6.45) is 4.01. The van der Waals surface area contributed by atoms with E-state index in [-0.39, 0.29) is 0 Å². The van der Waals surface area contributed by atoms with Crippen molar-refractivity contribution in [3.8, 4) is 11.4 Å². The van der Waals surface area contributed by atoms with E-state index in [0.717, 1.165) is 49.4 Å². The number of aromatic nitrogens is 2. The standard InChI is InChI=1S/C24H27N5O/c1-17-15-26-24(20-9-7-19(8-10-20)22(25)30)28-23(17)27-21-11-13-29(14-12-21)16-18-5-3-2-4-6-18/h2-10,15,21H,11-14,16H2,1H3,(H2,25,30)(H,26,27,28). The number of aryl methyl sites for hydroxylation is 1. The van der Waals surface area contributed by atoms with Gasteiger partial charge in [-0.25, -0.2) is 9.97 Å². The number of carbonyl (C=O) groups excluding carboxylic acids is 1. The molecule has 2 aromatic carbocycles. The van der Waals surface area contributed by atoms with E-state index in [9.17, 15) is 4.79 Å². The van der Waals surface area contributed by atoms with Gasteiger partial charge < -0.3 is 11.1 Å². The number of nitrogens with two attached hydrogens (primary N) is 1. The summed E-state index contributed by atoms with van der Waals surface area (Å²) in [6, 6.07) is 18.1. The third kappa shape index (κ3) is 4.83. The molecule has 0 aliphatic carbocycles. The Morgan fingerprint density at radius 1 is 1.10 bits per heavy atom. The summed E-state index contributed by atoms with van der Waals surface area (Å²) in [4.78, 5) is 23.0. The molecule has 0 spiro atoms. The minimum Gasteiger partial charge on any atom is -0.367 e. The zero-order valence-electron chi connectivity index (χ0n) is 17.2. The molecule has 30 heavy (non-hydrogen) atoms. The highest BCUT2D eigenvalue weighted by Crippen LogP contribution is 2.22. The summed E-state index contributed by atoms with van der Waals surface area (Å²) < 4.78 is 0. The van der Waals surface area contributed by atoms with Crippen molar-refractivity contribution in [2.45, 2.75) is 32.4 Å². The molecule has 1 fully saturated rings. The molecule has 1 saturated heterocycles. The van der Waals surface area contributed by atoms with Gasteiger partial charge in [-0.1, -0.05) is 42.5 Å². The van der Waals surface area contributed by atoms with Gasteiger partial charge in [-0.05, 0) is 37.5 Å². The molecule has 3 aromatic rings. The maximum absolute atomic E-state index is 11.3. The molecule has 6 heteroatoms. The van der Waals surface area contributed by atoms with Crippen molar-refractivity contribution in [1.29, 1.82) is 0 Å². The Labute approximate surface area is 177 Å². The lowest BCUT2D eigenvalue weighted by Crippen LogP contribution is -2.38. The number of likely N-dealkylation sites (tertiary alicyclic amines) is 1. The molecule has 2 heterocycles. The first-order valence-electron chi connectivity index (χ1n) is 10.3. The van der Waals surface area contributed by atoms with Crippen LogP contribution in [0.5, 0.6) is 0 Å². The Balaban J connectivity index is 1.39. The van der Waals surface area contributed by atoms with Crippen molar-refractivity contribution in [2.75, 3.05) is 18.4 Å². The summed E-state index contributed by atoms with van der Waals surface area (Å²) >= 11 is 0. The molecule has 154 valence electrons. The average molecular weight is 402 g/mol. The van der Waals surface area contributed by atoms with E-state index >= 15 is 0 Å². The largest absolute Gasteiger partial charge is 0.367 e. The third-order valence-electron chi connectivity index (χ3n) is 5.58. The second-order valence-electron chi connectivity index (χ2n) is 7.85. The highest BCUT2D eigenvalue weighted by Gasteiger charge is 2.20. The van der Waals surface area contributed by atoms with Crippen LogP contribution in [0, 0.1) is 6.92 Å². The quantitative estimate of drug-likeness (QED) is 0.659. The molecule has 6 nitrogen and oxygen atoms in total. The fourth-order valence-corrected chi connectivity index (χ4v) is 3.78. The lowest BCUT2D eigenvalue weighted by Gasteiger charge is -2.33. The molecule has 0 radical (unpaired) electrons. The van der Waals surface area contributed by atoms with Gasteiger partial charge in [0.15, 0.2) is 5.82 Å². The van der Waals surface area contributed by atoms with E-state index in [1.54, 1.807) is 12.1 Å². The van der Waals surface area contributed by atoms with Crippen LogP contribution in [-0.2, 0) is 6.54 Å². The van der Waals surface area contributed by atoms with Crippen LogP contribution < -0.4 is 11.1 Å². The first-order valence-corrected chi connectivity index (χ1v) is 10.3. The Morgan fingerprint density at radius 2 is 1.80 bits per heavy atom. The normalized spacial score (nSPS) is 15.1. The average Bonchev–Trinajstić information content (AvgIpc) is 2.77. The van der Waals surface area contributed by atoms with Gasteiger partial charge in [0, 0.05) is 48.6 Å². The maximum atomic E-state index is 11.3. The van der Waals surface area contributed by atoms with Gasteiger partial charge in [-0.15, -0.1) is 0 Å². The summed E-state index contributed by atoms with van der Waals surface area (Å²) in [5.74, 6) is 1.08. The van der Waals surface area contributed by atoms with Gasteiger partial charge in [0.05, 0.1) is 0 Å². The van der Waals surface area contributed by atoms with Crippen LogP contribution >= 0.6 is 0 Å². The zero-order valence-corrected chi connectivity index (χ0v) is 17.2. The second kappa shape index (κ2) is 9.05. The van der Waals surface area contributed by atoms with E-state index in [1.165, 1.54) is 5.56 Å². The molecule has 4 rings (SSSR count). The van der Waals surface area contributed by atoms with Crippen molar-refractivity contribution in [3.05, 3.63) is 77.5 Å². The zero-order chi connectivity index (χ0) is 20.9. The summed E-state index contributed by atoms with van der Waals surface area (Å²) in [5.41, 5.74) is 9.05. The maximum Gasteiger partial charge on any atom is 0.248 e. The Morgan fingerprint density at radius 3 is 2.47 bits per heavy atom. The van der Waals surface area contributed by atoms with Crippen LogP contribution in [-0.4, -0.2) is 39.9 Å². The highest BCUT2D eigenvalue weighted by atomic mass is 16.1. The number of nitrogens with one attached hydrogen (secondary N) is 1. The van der Waals surface area contributed by atoms with Crippen LogP contribution in [0.1, 0.15) is 34.3 Å². The number of carbonyl (C=O) groups is 1. The highest BCUT2D eigenvalue weighted by molar-refractivity contribution is 5.93. The number of hydrogen-bond donors (Lipinski definition) is 2. The van der Waals surface area contributed by atoms with Crippen LogP contribution in [0.3, 0.4) is 0 Å². The molecule has 1 amide bonds. The Hall–Kier alpha value is -3.25. The molecule has 0 unspecified atom stereocenters. The molecule has 0 saturated carbocycles. The van der Waals surface area contributed by atoms with Gasteiger partial charge in [0.25, 0.3) is 0 Å². The van der Waals surface area contributed by atoms with Crippen LogP contribution in [0.4, 0.5) is 5.82 Å². The third-order valence-corrected chi connectivity index (χ3v) is 5.58. The van der Waals surface area contributed by atoms with Gasteiger partial charge in [-0.2, -0.15) is 0 Å². The van der Waals surface area contributed by atoms with Crippen molar-refractivity contribution < 1.29 is 4.79 Å². The number of rotatable bonds is 6. The molecule has 0 atom stereocenters. The Bertz CT molecular complexity index is 996. The van der Waals surface area contributed by atoms with Crippen LogP contribution in [0.2, 0.25) is 0 Å². The number of hydrogen-bond acceptors (Lipinski definition) is 5. The van der Waals surface area contributed by atoms with E-state index in [0.29, 0.717) is 17.4 Å². The van der Waals surface area contributed by atoms with E-state index in [2.05, 4.69) is 45.5 Å². The molecule has 1 aliphatic heterocycles. The van der Waals surface area contributed by atoms with Crippen LogP contribution in [0.15, 0.2) is 60.8 Å². The SMILES string of the molecule is Cc1cnc(-c2ccc(C(N)=O)cc2)nc1NC1CCN(Cc2ccccc2)CC1. The monoisotopic (exact) mass is 401 g/mol. The lowest BCUT2D eigenvalue weighted by atomic mass is 10.0. The minimum atomic E-state index is -0.438. The minimum absolute atomic E-state index is 0.399. The summed E-state index contributed by atoms with van der Waals surface area (Å²) in [5, 5.41) is 3.62. The molecular weight excluding hydrogens is 374 g/mol. The lowest BCUT2D eigenvalue weighted by molar-refractivity contribution is 0.100. The number of anilines is 1. The molecule has 1 aromatic heterocycles.